The average Bonchev–Trinajstić information content (AvgIpc) is 3.54. The van der Waals surface area contributed by atoms with Gasteiger partial charge in [0.1, 0.15) is 11.5 Å². The number of anilines is 1. The molecule has 1 N–H and O–H groups in total. The topological polar surface area (TPSA) is 102 Å². The van der Waals surface area contributed by atoms with Gasteiger partial charge in [-0.2, -0.15) is 0 Å². The first-order valence-electron chi connectivity index (χ1n) is 12.5. The molecule has 8 heteroatoms. The predicted molar refractivity (Wildman–Crippen MR) is 129 cm³/mol. The van der Waals surface area contributed by atoms with E-state index < -0.39 is 5.97 Å². The number of benzene rings is 1. The van der Waals surface area contributed by atoms with Gasteiger partial charge >= 0.3 is 5.97 Å². The highest BCUT2D eigenvalue weighted by atomic mass is 16.5. The number of ether oxygens (including phenoxy) is 1. The van der Waals surface area contributed by atoms with Gasteiger partial charge in [-0.05, 0) is 64.0 Å². The fourth-order valence-electron chi connectivity index (χ4n) is 5.75. The lowest BCUT2D eigenvalue weighted by Crippen LogP contribution is -2.46. The highest BCUT2D eigenvalue weighted by Crippen LogP contribution is 2.45. The molecule has 6 rings (SSSR count). The second-order valence-electron chi connectivity index (χ2n) is 10.2. The van der Waals surface area contributed by atoms with E-state index in [0.29, 0.717) is 24.2 Å². The van der Waals surface area contributed by atoms with E-state index in [2.05, 4.69) is 39.1 Å². The molecule has 35 heavy (non-hydrogen) atoms. The second kappa shape index (κ2) is 8.75. The number of fused-ring (bicyclic) bond motifs is 2. The van der Waals surface area contributed by atoms with E-state index in [1.165, 1.54) is 11.6 Å². The number of aromatic nitrogens is 3. The molecule has 3 aliphatic rings. The molecule has 0 spiro atoms. The van der Waals surface area contributed by atoms with Crippen LogP contribution in [0.5, 0.6) is 0 Å². The summed E-state index contributed by atoms with van der Waals surface area (Å²) in [5, 5.41) is 13.9. The minimum atomic E-state index is -1.02. The zero-order valence-electron chi connectivity index (χ0n) is 20.1. The normalized spacial score (nSPS) is 23.6. The van der Waals surface area contributed by atoms with E-state index in [-0.39, 0.29) is 23.9 Å². The Morgan fingerprint density at radius 1 is 1.11 bits per heavy atom. The largest absolute Gasteiger partial charge is 0.477 e. The summed E-state index contributed by atoms with van der Waals surface area (Å²) in [4.78, 5) is 22.7. The van der Waals surface area contributed by atoms with Gasteiger partial charge in [0, 0.05) is 34.8 Å². The molecule has 3 fully saturated rings. The minimum Gasteiger partial charge on any atom is -0.477 e. The SMILES string of the molecule is Cc1cc(C(=O)O)nc(N2[C@@H]3CC[C@H]2C[C@@H](OCc2c(-c4ccccc4C)noc2C2CC2)C3)n1. The van der Waals surface area contributed by atoms with Gasteiger partial charge in [-0.15, -0.1) is 0 Å². The van der Waals surface area contributed by atoms with Crippen molar-refractivity contribution in [2.24, 2.45) is 0 Å². The summed E-state index contributed by atoms with van der Waals surface area (Å²) in [6, 6.07) is 10.3. The monoisotopic (exact) mass is 474 g/mol. The number of carboxylic acid groups (broad SMARTS) is 1. The highest BCUT2D eigenvalue weighted by Gasteiger charge is 2.43. The van der Waals surface area contributed by atoms with Gasteiger partial charge in [0.25, 0.3) is 0 Å². The van der Waals surface area contributed by atoms with Crippen LogP contribution in [0.25, 0.3) is 11.3 Å². The molecule has 3 aromatic rings. The summed E-state index contributed by atoms with van der Waals surface area (Å²) in [6.07, 6.45) is 6.25. The molecule has 8 nitrogen and oxygen atoms in total. The molecule has 0 amide bonds. The molecular formula is C27H30N4O4. The maximum absolute atomic E-state index is 11.5. The van der Waals surface area contributed by atoms with Crippen LogP contribution in [0.2, 0.25) is 0 Å². The first-order valence-corrected chi connectivity index (χ1v) is 12.5. The van der Waals surface area contributed by atoms with Crippen LogP contribution < -0.4 is 4.90 Å². The Labute approximate surface area is 204 Å². The van der Waals surface area contributed by atoms with Gasteiger partial charge in [-0.3, -0.25) is 0 Å². The van der Waals surface area contributed by atoms with Crippen LogP contribution in [-0.4, -0.2) is 44.4 Å². The fourth-order valence-corrected chi connectivity index (χ4v) is 5.75. The average molecular weight is 475 g/mol. The number of aryl methyl sites for hydroxylation is 2. The molecule has 4 heterocycles. The lowest BCUT2D eigenvalue weighted by Gasteiger charge is -2.39. The standard InChI is InChI=1S/C27H30N4O4/c1-15-5-3-4-6-21(15)24-22(25(35-30-24)17-7-8-17)14-34-20-12-18-9-10-19(13-20)31(18)27-28-16(2)11-23(29-27)26(32)33/h3-6,11,17-20H,7-10,12-14H2,1-2H3,(H,32,33)/t18-,19+,20+. The van der Waals surface area contributed by atoms with E-state index in [4.69, 9.17) is 9.26 Å². The van der Waals surface area contributed by atoms with Crippen LogP contribution >= 0.6 is 0 Å². The molecule has 2 bridgehead atoms. The van der Waals surface area contributed by atoms with Gasteiger partial charge in [0.05, 0.1) is 12.7 Å². The highest BCUT2D eigenvalue weighted by molar-refractivity contribution is 5.85. The Morgan fingerprint density at radius 3 is 2.54 bits per heavy atom. The Balaban J connectivity index is 1.20. The lowest BCUT2D eigenvalue weighted by atomic mass is 9.99. The molecule has 1 saturated carbocycles. The van der Waals surface area contributed by atoms with Crippen molar-refractivity contribution < 1.29 is 19.2 Å². The van der Waals surface area contributed by atoms with Gasteiger partial charge in [-0.25, -0.2) is 14.8 Å². The van der Waals surface area contributed by atoms with E-state index in [9.17, 15) is 9.90 Å². The molecule has 1 aliphatic carbocycles. The zero-order chi connectivity index (χ0) is 24.1. The third kappa shape index (κ3) is 4.20. The van der Waals surface area contributed by atoms with Crippen molar-refractivity contribution >= 4 is 11.9 Å². The summed E-state index contributed by atoms with van der Waals surface area (Å²) in [6.45, 7) is 4.41. The summed E-state index contributed by atoms with van der Waals surface area (Å²) in [5.74, 6) is 0.953. The van der Waals surface area contributed by atoms with Crippen LogP contribution in [-0.2, 0) is 11.3 Å². The number of piperidine rings is 1. The molecule has 0 unspecified atom stereocenters. The van der Waals surface area contributed by atoms with E-state index in [1.807, 2.05) is 19.1 Å². The number of nitrogens with zero attached hydrogens (tertiary/aromatic N) is 4. The quantitative estimate of drug-likeness (QED) is 0.508. The maximum Gasteiger partial charge on any atom is 0.354 e. The Morgan fingerprint density at radius 2 is 1.86 bits per heavy atom. The lowest BCUT2D eigenvalue weighted by molar-refractivity contribution is 0.0144. The number of hydrogen-bond donors (Lipinski definition) is 1. The van der Waals surface area contributed by atoms with Crippen molar-refractivity contribution in [2.75, 3.05) is 4.90 Å². The Hall–Kier alpha value is -3.26. The number of hydrogen-bond acceptors (Lipinski definition) is 7. The second-order valence-corrected chi connectivity index (χ2v) is 10.2. The number of rotatable bonds is 7. The van der Waals surface area contributed by atoms with Crippen molar-refractivity contribution in [1.82, 2.24) is 15.1 Å². The van der Waals surface area contributed by atoms with Gasteiger partial charge < -0.3 is 19.3 Å². The number of carbonyl (C=O) groups is 1. The van der Waals surface area contributed by atoms with Gasteiger partial charge in [-0.1, -0.05) is 29.4 Å². The maximum atomic E-state index is 11.5. The van der Waals surface area contributed by atoms with Crippen LogP contribution in [0.3, 0.4) is 0 Å². The van der Waals surface area contributed by atoms with E-state index >= 15 is 0 Å². The molecule has 2 aromatic heterocycles. The van der Waals surface area contributed by atoms with Crippen molar-refractivity contribution in [3.63, 3.8) is 0 Å². The van der Waals surface area contributed by atoms with Crippen molar-refractivity contribution in [3.8, 4) is 11.3 Å². The first-order chi connectivity index (χ1) is 17.0. The van der Waals surface area contributed by atoms with E-state index in [0.717, 1.165) is 61.1 Å². The molecule has 182 valence electrons. The van der Waals surface area contributed by atoms with Crippen LogP contribution in [0.4, 0.5) is 5.95 Å². The summed E-state index contributed by atoms with van der Waals surface area (Å²) < 4.78 is 12.4. The van der Waals surface area contributed by atoms with Gasteiger partial charge in [0.15, 0.2) is 5.69 Å². The molecule has 2 saturated heterocycles. The van der Waals surface area contributed by atoms with Crippen molar-refractivity contribution in [2.45, 2.75) is 83.1 Å². The Bertz CT molecular complexity index is 1250. The summed E-state index contributed by atoms with van der Waals surface area (Å²) in [5.41, 5.74) is 4.99. The molecular weight excluding hydrogens is 444 g/mol. The molecule has 0 radical (unpaired) electrons. The number of aromatic carboxylic acids is 1. The molecule has 2 aliphatic heterocycles. The van der Waals surface area contributed by atoms with Crippen LogP contribution in [0.15, 0.2) is 34.9 Å². The Kier molecular flexibility index (Phi) is 5.56. The number of carboxylic acids is 1. The van der Waals surface area contributed by atoms with Crippen LogP contribution in [0, 0.1) is 13.8 Å². The fraction of sp³-hybridized carbons (Fsp3) is 0.481. The molecule has 3 atom stereocenters. The van der Waals surface area contributed by atoms with Crippen LogP contribution in [0.1, 0.15) is 77.5 Å². The van der Waals surface area contributed by atoms with E-state index in [1.54, 1.807) is 0 Å². The van der Waals surface area contributed by atoms with Crippen molar-refractivity contribution in [1.29, 1.82) is 0 Å². The summed E-state index contributed by atoms with van der Waals surface area (Å²) in [7, 11) is 0. The first kappa shape index (κ1) is 22.2. The third-order valence-corrected chi connectivity index (χ3v) is 7.61. The molecule has 1 aromatic carbocycles. The minimum absolute atomic E-state index is 0.0501. The summed E-state index contributed by atoms with van der Waals surface area (Å²) >= 11 is 0. The van der Waals surface area contributed by atoms with Gasteiger partial charge in [0.2, 0.25) is 5.95 Å². The third-order valence-electron chi connectivity index (χ3n) is 7.61. The smallest absolute Gasteiger partial charge is 0.354 e. The van der Waals surface area contributed by atoms with Crippen molar-refractivity contribution in [3.05, 3.63) is 58.6 Å². The zero-order valence-corrected chi connectivity index (χ0v) is 20.1. The predicted octanol–water partition coefficient (Wildman–Crippen LogP) is 5.04.